The summed E-state index contributed by atoms with van der Waals surface area (Å²) < 4.78 is 0.943. The summed E-state index contributed by atoms with van der Waals surface area (Å²) in [5.74, 6) is 0.834. The molecular weight excluding hydrogens is 300 g/mol. The van der Waals surface area contributed by atoms with E-state index in [0.29, 0.717) is 5.02 Å². The Hall–Kier alpha value is -1.32. The minimum absolute atomic E-state index is 0.646. The topological polar surface area (TPSA) is 28.7 Å². The van der Waals surface area contributed by atoms with Gasteiger partial charge in [-0.1, -0.05) is 57.9 Å². The van der Waals surface area contributed by atoms with Crippen molar-refractivity contribution in [1.82, 2.24) is 9.97 Å². The Morgan fingerprint density at radius 2 is 1.88 bits per heavy atom. The van der Waals surface area contributed by atoms with Crippen LogP contribution in [-0.2, 0) is 0 Å². The molecule has 0 atom stereocenters. The van der Waals surface area contributed by atoms with E-state index >= 15 is 0 Å². The Morgan fingerprint density at radius 1 is 1.12 bits per heavy atom. The molecule has 17 heavy (non-hydrogen) atoms. The number of H-pyrrole nitrogens is 1. The molecule has 1 N–H and O–H groups in total. The normalized spacial score (nSPS) is 10.9. The van der Waals surface area contributed by atoms with Crippen LogP contribution in [0.25, 0.3) is 22.4 Å². The van der Waals surface area contributed by atoms with E-state index in [2.05, 4.69) is 25.9 Å². The molecule has 0 aliphatic carbocycles. The second kappa shape index (κ2) is 4.17. The predicted octanol–water partition coefficient (Wildman–Crippen LogP) is 4.65. The van der Waals surface area contributed by atoms with Gasteiger partial charge >= 0.3 is 0 Å². The van der Waals surface area contributed by atoms with Crippen LogP contribution in [0, 0.1) is 0 Å². The highest BCUT2D eigenvalue weighted by molar-refractivity contribution is 9.10. The van der Waals surface area contributed by atoms with Crippen LogP contribution in [0.4, 0.5) is 0 Å². The molecule has 0 unspecified atom stereocenters. The van der Waals surface area contributed by atoms with E-state index in [1.807, 2.05) is 42.5 Å². The molecule has 0 radical (unpaired) electrons. The first-order valence-corrected chi connectivity index (χ1v) is 6.31. The summed E-state index contributed by atoms with van der Waals surface area (Å²) in [6.07, 6.45) is 0. The fourth-order valence-electron chi connectivity index (χ4n) is 1.77. The Labute approximate surface area is 112 Å². The largest absolute Gasteiger partial charge is 0.338 e. The third kappa shape index (κ3) is 1.96. The van der Waals surface area contributed by atoms with Gasteiger partial charge in [-0.3, -0.25) is 0 Å². The van der Waals surface area contributed by atoms with Crippen LogP contribution in [0.3, 0.4) is 0 Å². The van der Waals surface area contributed by atoms with Crippen LogP contribution in [-0.4, -0.2) is 9.97 Å². The van der Waals surface area contributed by atoms with Crippen molar-refractivity contribution in [2.24, 2.45) is 0 Å². The first-order valence-electron chi connectivity index (χ1n) is 5.14. The van der Waals surface area contributed by atoms with Gasteiger partial charge in [-0.25, -0.2) is 4.98 Å². The maximum absolute atomic E-state index is 6.15. The highest BCUT2D eigenvalue weighted by Gasteiger charge is 2.08. The SMILES string of the molecule is Clc1cc(Br)cc2[nH]c(-c3ccccc3)nc12. The van der Waals surface area contributed by atoms with Gasteiger partial charge in [-0.15, -0.1) is 0 Å². The molecule has 0 bridgehead atoms. The Bertz CT molecular complexity index is 676. The molecule has 2 nitrogen and oxygen atoms in total. The maximum atomic E-state index is 6.15. The Kier molecular flexibility index (Phi) is 2.65. The lowest BCUT2D eigenvalue weighted by molar-refractivity contribution is 1.34. The second-order valence-corrected chi connectivity index (χ2v) is 5.06. The number of imidazole rings is 1. The summed E-state index contributed by atoms with van der Waals surface area (Å²) in [7, 11) is 0. The number of aromatic nitrogens is 2. The number of fused-ring (bicyclic) bond motifs is 1. The van der Waals surface area contributed by atoms with Crippen molar-refractivity contribution in [3.05, 3.63) is 52.0 Å². The molecule has 0 saturated carbocycles. The molecule has 2 aromatic carbocycles. The highest BCUT2D eigenvalue weighted by Crippen LogP contribution is 2.28. The first-order chi connectivity index (χ1) is 8.24. The molecule has 0 aliphatic rings. The lowest BCUT2D eigenvalue weighted by atomic mass is 10.2. The first kappa shape index (κ1) is 10.8. The maximum Gasteiger partial charge on any atom is 0.138 e. The van der Waals surface area contributed by atoms with Crippen LogP contribution in [0.5, 0.6) is 0 Å². The van der Waals surface area contributed by atoms with E-state index in [-0.39, 0.29) is 0 Å². The number of aromatic amines is 1. The van der Waals surface area contributed by atoms with E-state index in [4.69, 9.17) is 11.6 Å². The highest BCUT2D eigenvalue weighted by atomic mass is 79.9. The van der Waals surface area contributed by atoms with Crippen molar-refractivity contribution in [2.75, 3.05) is 0 Å². The molecular formula is C13H8BrClN2. The van der Waals surface area contributed by atoms with Crippen LogP contribution < -0.4 is 0 Å². The fraction of sp³-hybridized carbons (Fsp3) is 0. The molecule has 4 heteroatoms. The molecule has 0 amide bonds. The molecule has 1 heterocycles. The van der Waals surface area contributed by atoms with Gasteiger partial charge in [0.2, 0.25) is 0 Å². The number of nitrogens with one attached hydrogen (secondary N) is 1. The zero-order valence-electron chi connectivity index (χ0n) is 8.74. The lowest BCUT2D eigenvalue weighted by Crippen LogP contribution is -1.77. The summed E-state index contributed by atoms with van der Waals surface area (Å²) in [5, 5.41) is 0.646. The van der Waals surface area contributed by atoms with Crippen LogP contribution in [0.1, 0.15) is 0 Å². The zero-order valence-corrected chi connectivity index (χ0v) is 11.1. The molecule has 3 rings (SSSR count). The van der Waals surface area contributed by atoms with Crippen molar-refractivity contribution in [1.29, 1.82) is 0 Å². The van der Waals surface area contributed by atoms with Crippen LogP contribution >= 0.6 is 27.5 Å². The second-order valence-electron chi connectivity index (χ2n) is 3.74. The van der Waals surface area contributed by atoms with Gasteiger partial charge in [-0.2, -0.15) is 0 Å². The summed E-state index contributed by atoms with van der Waals surface area (Å²) in [6, 6.07) is 13.8. The van der Waals surface area contributed by atoms with Gasteiger partial charge in [0.1, 0.15) is 11.3 Å². The minimum Gasteiger partial charge on any atom is -0.338 e. The molecule has 3 aromatic rings. The minimum atomic E-state index is 0.646. The summed E-state index contributed by atoms with van der Waals surface area (Å²) in [6.45, 7) is 0. The number of rotatable bonds is 1. The summed E-state index contributed by atoms with van der Waals surface area (Å²) >= 11 is 9.57. The number of hydrogen-bond donors (Lipinski definition) is 1. The molecule has 1 aromatic heterocycles. The Morgan fingerprint density at radius 3 is 2.65 bits per heavy atom. The van der Waals surface area contributed by atoms with Crippen molar-refractivity contribution in [3.8, 4) is 11.4 Å². The number of hydrogen-bond acceptors (Lipinski definition) is 1. The third-order valence-electron chi connectivity index (χ3n) is 2.55. The van der Waals surface area contributed by atoms with E-state index in [0.717, 1.165) is 26.9 Å². The Balaban J connectivity index is 2.24. The van der Waals surface area contributed by atoms with Gasteiger partial charge in [0, 0.05) is 10.0 Å². The quantitative estimate of drug-likeness (QED) is 0.697. The van der Waals surface area contributed by atoms with E-state index < -0.39 is 0 Å². The van der Waals surface area contributed by atoms with E-state index in [1.54, 1.807) is 0 Å². The van der Waals surface area contributed by atoms with Gasteiger partial charge < -0.3 is 4.98 Å². The summed E-state index contributed by atoms with van der Waals surface area (Å²) in [4.78, 5) is 7.78. The fourth-order valence-corrected chi connectivity index (χ4v) is 2.63. The van der Waals surface area contributed by atoms with E-state index in [9.17, 15) is 0 Å². The van der Waals surface area contributed by atoms with Crippen molar-refractivity contribution in [3.63, 3.8) is 0 Å². The van der Waals surface area contributed by atoms with Crippen LogP contribution in [0.2, 0.25) is 5.02 Å². The number of nitrogens with zero attached hydrogens (tertiary/aromatic N) is 1. The van der Waals surface area contributed by atoms with Gasteiger partial charge in [-0.05, 0) is 12.1 Å². The third-order valence-corrected chi connectivity index (χ3v) is 3.30. The monoisotopic (exact) mass is 306 g/mol. The number of halogens is 2. The smallest absolute Gasteiger partial charge is 0.138 e. The summed E-state index contributed by atoms with van der Waals surface area (Å²) in [5.41, 5.74) is 2.79. The average molecular weight is 308 g/mol. The zero-order chi connectivity index (χ0) is 11.8. The van der Waals surface area contributed by atoms with Gasteiger partial charge in [0.25, 0.3) is 0 Å². The van der Waals surface area contributed by atoms with E-state index in [1.165, 1.54) is 0 Å². The standard InChI is InChI=1S/C13H8BrClN2/c14-9-6-10(15)12-11(7-9)16-13(17-12)8-4-2-1-3-5-8/h1-7H,(H,16,17). The van der Waals surface area contributed by atoms with Crippen molar-refractivity contribution < 1.29 is 0 Å². The van der Waals surface area contributed by atoms with Crippen molar-refractivity contribution in [2.45, 2.75) is 0 Å². The molecule has 84 valence electrons. The molecule has 0 aliphatic heterocycles. The van der Waals surface area contributed by atoms with Crippen LogP contribution in [0.15, 0.2) is 46.9 Å². The molecule has 0 fully saturated rings. The number of benzene rings is 2. The average Bonchev–Trinajstić information content (AvgIpc) is 2.74. The predicted molar refractivity (Wildman–Crippen MR) is 74.2 cm³/mol. The van der Waals surface area contributed by atoms with Gasteiger partial charge in [0.15, 0.2) is 0 Å². The van der Waals surface area contributed by atoms with Crippen molar-refractivity contribution >= 4 is 38.6 Å². The lowest BCUT2D eigenvalue weighted by Gasteiger charge is -1.93. The van der Waals surface area contributed by atoms with Gasteiger partial charge in [0.05, 0.1) is 10.5 Å². The molecule has 0 spiro atoms. The molecule has 0 saturated heterocycles.